The topological polar surface area (TPSA) is 26.0 Å². The van der Waals surface area contributed by atoms with Crippen LogP contribution in [-0.2, 0) is 6.42 Å². The number of benzene rings is 1. The van der Waals surface area contributed by atoms with Crippen LogP contribution in [0.15, 0.2) is 18.2 Å². The molecule has 2 N–H and O–H groups in total. The molecule has 13 heavy (non-hydrogen) atoms. The monoisotopic (exact) mass is 189 g/mol. The molecule has 0 aliphatic rings. The van der Waals surface area contributed by atoms with Crippen molar-refractivity contribution in [1.82, 2.24) is 0 Å². The molecule has 0 atom stereocenters. The largest absolute Gasteiger partial charge is 0.399 e. The molecule has 0 aliphatic carbocycles. The van der Waals surface area contributed by atoms with Gasteiger partial charge >= 0.3 is 6.18 Å². The number of alkyl halides is 3. The Hall–Kier alpha value is -1.19. The molecule has 0 radical (unpaired) electrons. The van der Waals surface area contributed by atoms with E-state index in [0.29, 0.717) is 11.3 Å². The standard InChI is InChI=1S/C9H10F3N/c1-6-7(5-9(10,11)12)3-2-4-8(6)13/h2-4H,5,13H2,1H3. The van der Waals surface area contributed by atoms with E-state index in [4.69, 9.17) is 5.73 Å². The average molecular weight is 189 g/mol. The van der Waals surface area contributed by atoms with Crippen molar-refractivity contribution in [3.05, 3.63) is 29.3 Å². The Bertz CT molecular complexity index is 304. The van der Waals surface area contributed by atoms with E-state index in [2.05, 4.69) is 0 Å². The molecule has 0 heterocycles. The van der Waals surface area contributed by atoms with Crippen LogP contribution in [0.2, 0.25) is 0 Å². The second kappa shape index (κ2) is 3.28. The minimum atomic E-state index is -4.17. The van der Waals surface area contributed by atoms with E-state index in [9.17, 15) is 13.2 Å². The quantitative estimate of drug-likeness (QED) is 0.675. The minimum Gasteiger partial charge on any atom is -0.399 e. The molecule has 0 aliphatic heterocycles. The lowest BCUT2D eigenvalue weighted by Gasteiger charge is -2.10. The lowest BCUT2D eigenvalue weighted by Crippen LogP contribution is -2.12. The highest BCUT2D eigenvalue weighted by Gasteiger charge is 2.28. The van der Waals surface area contributed by atoms with Gasteiger partial charge in [-0.05, 0) is 24.1 Å². The van der Waals surface area contributed by atoms with Gasteiger partial charge in [0.25, 0.3) is 0 Å². The first kappa shape index (κ1) is 9.89. The second-order valence-corrected chi connectivity index (χ2v) is 2.92. The number of hydrogen-bond acceptors (Lipinski definition) is 1. The molecular formula is C9H10F3N. The third-order valence-electron chi connectivity index (χ3n) is 1.88. The smallest absolute Gasteiger partial charge is 0.393 e. The van der Waals surface area contributed by atoms with Gasteiger partial charge in [-0.15, -0.1) is 0 Å². The molecule has 0 unspecified atom stereocenters. The summed E-state index contributed by atoms with van der Waals surface area (Å²) in [6.07, 6.45) is -5.08. The highest BCUT2D eigenvalue weighted by atomic mass is 19.4. The Kier molecular flexibility index (Phi) is 2.50. The highest BCUT2D eigenvalue weighted by Crippen LogP contribution is 2.25. The molecule has 1 nitrogen and oxygen atoms in total. The van der Waals surface area contributed by atoms with Crippen LogP contribution in [0.3, 0.4) is 0 Å². The first-order chi connectivity index (χ1) is 5.90. The lowest BCUT2D eigenvalue weighted by molar-refractivity contribution is -0.127. The average Bonchev–Trinajstić information content (AvgIpc) is 1.96. The van der Waals surface area contributed by atoms with Gasteiger partial charge in [-0.3, -0.25) is 0 Å². The summed E-state index contributed by atoms with van der Waals surface area (Å²) in [7, 11) is 0. The number of nitrogens with two attached hydrogens (primary N) is 1. The van der Waals surface area contributed by atoms with Gasteiger partial charge < -0.3 is 5.73 Å². The Morgan fingerprint density at radius 2 is 1.92 bits per heavy atom. The molecule has 72 valence electrons. The van der Waals surface area contributed by atoms with Gasteiger partial charge in [-0.2, -0.15) is 13.2 Å². The molecule has 0 aromatic heterocycles. The van der Waals surface area contributed by atoms with E-state index in [1.165, 1.54) is 12.1 Å². The number of hydrogen-bond donors (Lipinski definition) is 1. The van der Waals surface area contributed by atoms with Crippen molar-refractivity contribution in [3.63, 3.8) is 0 Å². The van der Waals surface area contributed by atoms with E-state index in [0.717, 1.165) is 0 Å². The van der Waals surface area contributed by atoms with E-state index in [1.54, 1.807) is 13.0 Å². The van der Waals surface area contributed by atoms with E-state index < -0.39 is 12.6 Å². The summed E-state index contributed by atoms with van der Waals surface area (Å²) in [5, 5.41) is 0. The van der Waals surface area contributed by atoms with Crippen molar-refractivity contribution < 1.29 is 13.2 Å². The van der Waals surface area contributed by atoms with Crippen LogP contribution in [0.5, 0.6) is 0 Å². The van der Waals surface area contributed by atoms with Gasteiger partial charge in [-0.1, -0.05) is 12.1 Å². The summed E-state index contributed by atoms with van der Waals surface area (Å²) in [5.74, 6) is 0. The molecule has 1 rings (SSSR count). The summed E-state index contributed by atoms with van der Waals surface area (Å²) in [5.41, 5.74) is 6.63. The molecule has 1 aromatic carbocycles. The summed E-state index contributed by atoms with van der Waals surface area (Å²) >= 11 is 0. The fraction of sp³-hybridized carbons (Fsp3) is 0.333. The van der Waals surface area contributed by atoms with Crippen molar-refractivity contribution in [2.75, 3.05) is 5.73 Å². The van der Waals surface area contributed by atoms with Crippen LogP contribution in [0.25, 0.3) is 0 Å². The zero-order valence-electron chi connectivity index (χ0n) is 7.15. The molecule has 0 saturated carbocycles. The Morgan fingerprint density at radius 3 is 2.46 bits per heavy atom. The first-order valence-electron chi connectivity index (χ1n) is 3.81. The van der Waals surface area contributed by atoms with Crippen molar-refractivity contribution in [1.29, 1.82) is 0 Å². The van der Waals surface area contributed by atoms with Crippen molar-refractivity contribution >= 4 is 5.69 Å². The van der Waals surface area contributed by atoms with Crippen LogP contribution in [-0.4, -0.2) is 6.18 Å². The van der Waals surface area contributed by atoms with Gasteiger partial charge in [0.2, 0.25) is 0 Å². The second-order valence-electron chi connectivity index (χ2n) is 2.92. The van der Waals surface area contributed by atoms with Gasteiger partial charge in [0, 0.05) is 5.69 Å². The van der Waals surface area contributed by atoms with Crippen LogP contribution in [0.4, 0.5) is 18.9 Å². The van der Waals surface area contributed by atoms with E-state index >= 15 is 0 Å². The molecule has 0 saturated heterocycles. The molecule has 0 amide bonds. The number of nitrogen functional groups attached to an aromatic ring is 1. The van der Waals surface area contributed by atoms with Crippen molar-refractivity contribution in [2.24, 2.45) is 0 Å². The normalized spacial score (nSPS) is 11.7. The van der Waals surface area contributed by atoms with E-state index in [1.807, 2.05) is 0 Å². The van der Waals surface area contributed by atoms with Crippen LogP contribution < -0.4 is 5.73 Å². The predicted molar refractivity (Wildman–Crippen MR) is 45.4 cm³/mol. The maximum Gasteiger partial charge on any atom is 0.393 e. The zero-order chi connectivity index (χ0) is 10.1. The van der Waals surface area contributed by atoms with Crippen molar-refractivity contribution in [3.8, 4) is 0 Å². The molecule has 4 heteroatoms. The number of rotatable bonds is 1. The van der Waals surface area contributed by atoms with Gasteiger partial charge in [0.05, 0.1) is 6.42 Å². The highest BCUT2D eigenvalue weighted by molar-refractivity contribution is 5.50. The summed E-state index contributed by atoms with van der Waals surface area (Å²) in [4.78, 5) is 0. The number of halogens is 3. The van der Waals surface area contributed by atoms with Gasteiger partial charge in [0.15, 0.2) is 0 Å². The predicted octanol–water partition coefficient (Wildman–Crippen LogP) is 2.68. The molecular weight excluding hydrogens is 179 g/mol. The maximum absolute atomic E-state index is 12.0. The fourth-order valence-electron chi connectivity index (χ4n) is 1.11. The lowest BCUT2D eigenvalue weighted by atomic mass is 10.0. The SMILES string of the molecule is Cc1c(N)cccc1CC(F)(F)F. The molecule has 0 fully saturated rings. The van der Waals surface area contributed by atoms with E-state index in [-0.39, 0.29) is 5.56 Å². The number of anilines is 1. The summed E-state index contributed by atoms with van der Waals surface area (Å²) < 4.78 is 36.0. The van der Waals surface area contributed by atoms with Crippen LogP contribution in [0, 0.1) is 6.92 Å². The van der Waals surface area contributed by atoms with Gasteiger partial charge in [-0.25, -0.2) is 0 Å². The van der Waals surface area contributed by atoms with Gasteiger partial charge in [0.1, 0.15) is 0 Å². The Balaban J connectivity index is 2.96. The third kappa shape index (κ3) is 2.65. The maximum atomic E-state index is 12.0. The molecule has 0 spiro atoms. The summed E-state index contributed by atoms with van der Waals surface area (Å²) in [6.45, 7) is 1.59. The van der Waals surface area contributed by atoms with Crippen LogP contribution >= 0.6 is 0 Å². The Labute approximate surface area is 74.4 Å². The Morgan fingerprint density at radius 1 is 1.31 bits per heavy atom. The van der Waals surface area contributed by atoms with Crippen LogP contribution in [0.1, 0.15) is 11.1 Å². The zero-order valence-corrected chi connectivity index (χ0v) is 7.15. The summed E-state index contributed by atoms with van der Waals surface area (Å²) in [6, 6.07) is 4.57. The van der Waals surface area contributed by atoms with Crippen molar-refractivity contribution in [2.45, 2.75) is 19.5 Å². The minimum absolute atomic E-state index is 0.243. The first-order valence-corrected chi connectivity index (χ1v) is 3.81. The molecule has 1 aromatic rings. The molecule has 0 bridgehead atoms. The fourth-order valence-corrected chi connectivity index (χ4v) is 1.11. The third-order valence-corrected chi connectivity index (χ3v) is 1.88.